The lowest BCUT2D eigenvalue weighted by molar-refractivity contribution is -0.115. The standard InChI is InChI=1S/C16H16FNO3/c17-15-4-2-1-3-12(15)11-16(20)18-13-5-7-14(8-6-13)21-10-9-19/h1-8,19H,9-11H2,(H,18,20). The van der Waals surface area contributed by atoms with Gasteiger partial charge in [-0.2, -0.15) is 0 Å². The summed E-state index contributed by atoms with van der Waals surface area (Å²) in [4.78, 5) is 11.8. The first kappa shape index (κ1) is 15.0. The van der Waals surface area contributed by atoms with E-state index in [4.69, 9.17) is 9.84 Å². The van der Waals surface area contributed by atoms with Gasteiger partial charge in [0.15, 0.2) is 0 Å². The molecule has 2 aromatic carbocycles. The Labute approximate surface area is 122 Å². The normalized spacial score (nSPS) is 10.2. The molecule has 0 aliphatic carbocycles. The van der Waals surface area contributed by atoms with Crippen molar-refractivity contribution in [1.82, 2.24) is 0 Å². The summed E-state index contributed by atoms with van der Waals surface area (Å²) in [6.07, 6.45) is -0.0184. The molecular formula is C16H16FNO3. The molecule has 0 saturated carbocycles. The number of ether oxygens (including phenoxy) is 1. The number of amides is 1. The molecule has 2 N–H and O–H groups in total. The third kappa shape index (κ3) is 4.57. The van der Waals surface area contributed by atoms with Crippen LogP contribution in [0.5, 0.6) is 5.75 Å². The van der Waals surface area contributed by atoms with Gasteiger partial charge in [0.2, 0.25) is 5.91 Å². The van der Waals surface area contributed by atoms with Gasteiger partial charge in [0.05, 0.1) is 13.0 Å². The van der Waals surface area contributed by atoms with Crippen molar-refractivity contribution in [2.75, 3.05) is 18.5 Å². The third-order valence-corrected chi connectivity index (χ3v) is 2.81. The Morgan fingerprint density at radius 3 is 2.52 bits per heavy atom. The van der Waals surface area contributed by atoms with Crippen molar-refractivity contribution >= 4 is 11.6 Å². The van der Waals surface area contributed by atoms with Crippen molar-refractivity contribution in [1.29, 1.82) is 0 Å². The fourth-order valence-electron chi connectivity index (χ4n) is 1.82. The number of carbonyl (C=O) groups is 1. The van der Waals surface area contributed by atoms with Gasteiger partial charge in [-0.15, -0.1) is 0 Å². The zero-order chi connectivity index (χ0) is 15.1. The maximum atomic E-state index is 13.4. The number of carbonyl (C=O) groups excluding carboxylic acids is 1. The van der Waals surface area contributed by atoms with Crippen molar-refractivity contribution in [3.63, 3.8) is 0 Å². The highest BCUT2D eigenvalue weighted by molar-refractivity contribution is 5.92. The highest BCUT2D eigenvalue weighted by Crippen LogP contribution is 2.16. The summed E-state index contributed by atoms with van der Waals surface area (Å²) < 4.78 is 18.7. The van der Waals surface area contributed by atoms with Gasteiger partial charge in [-0.05, 0) is 35.9 Å². The topological polar surface area (TPSA) is 58.6 Å². The van der Waals surface area contributed by atoms with Crippen LogP contribution in [0.1, 0.15) is 5.56 Å². The van der Waals surface area contributed by atoms with Crippen LogP contribution in [0.2, 0.25) is 0 Å². The molecular weight excluding hydrogens is 273 g/mol. The lowest BCUT2D eigenvalue weighted by Crippen LogP contribution is -2.15. The number of nitrogens with one attached hydrogen (secondary N) is 1. The van der Waals surface area contributed by atoms with Gasteiger partial charge in [0.1, 0.15) is 18.2 Å². The first-order valence-corrected chi connectivity index (χ1v) is 6.56. The molecule has 0 unspecified atom stereocenters. The molecule has 2 rings (SSSR count). The van der Waals surface area contributed by atoms with Crippen LogP contribution in [0.25, 0.3) is 0 Å². The first-order valence-electron chi connectivity index (χ1n) is 6.56. The minimum absolute atomic E-state index is 0.0184. The molecule has 2 aromatic rings. The number of hydrogen-bond acceptors (Lipinski definition) is 3. The Balaban J connectivity index is 1.92. The lowest BCUT2D eigenvalue weighted by atomic mass is 10.1. The van der Waals surface area contributed by atoms with Crippen molar-refractivity contribution in [2.24, 2.45) is 0 Å². The molecule has 1 amide bonds. The fraction of sp³-hybridized carbons (Fsp3) is 0.188. The summed E-state index contributed by atoms with van der Waals surface area (Å²) in [7, 11) is 0. The van der Waals surface area contributed by atoms with Gasteiger partial charge in [0, 0.05) is 5.69 Å². The van der Waals surface area contributed by atoms with E-state index in [0.29, 0.717) is 17.0 Å². The molecule has 110 valence electrons. The van der Waals surface area contributed by atoms with Crippen LogP contribution < -0.4 is 10.1 Å². The maximum Gasteiger partial charge on any atom is 0.228 e. The SMILES string of the molecule is O=C(Cc1ccccc1F)Nc1ccc(OCCO)cc1. The molecule has 0 spiro atoms. The average molecular weight is 289 g/mol. The Bertz CT molecular complexity index is 599. The summed E-state index contributed by atoms with van der Waals surface area (Å²) in [5, 5.41) is 11.3. The monoisotopic (exact) mass is 289 g/mol. The molecule has 0 aromatic heterocycles. The summed E-state index contributed by atoms with van der Waals surface area (Å²) in [6.45, 7) is 0.167. The Morgan fingerprint density at radius 1 is 1.14 bits per heavy atom. The van der Waals surface area contributed by atoms with Crippen LogP contribution in [-0.2, 0) is 11.2 Å². The van der Waals surface area contributed by atoms with E-state index in [2.05, 4.69) is 5.32 Å². The van der Waals surface area contributed by atoms with E-state index in [-0.39, 0.29) is 31.4 Å². The highest BCUT2D eigenvalue weighted by atomic mass is 19.1. The van der Waals surface area contributed by atoms with Crippen LogP contribution in [0, 0.1) is 5.82 Å². The van der Waals surface area contributed by atoms with Crippen LogP contribution in [0.4, 0.5) is 10.1 Å². The van der Waals surface area contributed by atoms with E-state index >= 15 is 0 Å². The van der Waals surface area contributed by atoms with E-state index in [1.54, 1.807) is 42.5 Å². The summed E-state index contributed by atoms with van der Waals surface area (Å²) in [6, 6.07) is 12.9. The summed E-state index contributed by atoms with van der Waals surface area (Å²) in [5.74, 6) is -0.0688. The van der Waals surface area contributed by atoms with Crippen LogP contribution in [-0.4, -0.2) is 24.2 Å². The molecule has 4 nitrogen and oxygen atoms in total. The molecule has 0 saturated heterocycles. The number of halogens is 1. The van der Waals surface area contributed by atoms with Crippen LogP contribution >= 0.6 is 0 Å². The highest BCUT2D eigenvalue weighted by Gasteiger charge is 2.08. The molecule has 0 aliphatic heterocycles. The average Bonchev–Trinajstić information content (AvgIpc) is 2.49. The van der Waals surface area contributed by atoms with Crippen molar-refractivity contribution in [3.05, 3.63) is 59.9 Å². The van der Waals surface area contributed by atoms with Gasteiger partial charge < -0.3 is 15.2 Å². The first-order chi connectivity index (χ1) is 10.2. The Kier molecular flexibility index (Phi) is 5.29. The van der Waals surface area contributed by atoms with Crippen LogP contribution in [0.3, 0.4) is 0 Å². The number of hydrogen-bond donors (Lipinski definition) is 2. The zero-order valence-electron chi connectivity index (χ0n) is 11.4. The molecule has 5 heteroatoms. The second-order valence-electron chi connectivity index (χ2n) is 4.41. The molecule has 0 bridgehead atoms. The largest absolute Gasteiger partial charge is 0.491 e. The molecule has 0 aliphatic rings. The number of aliphatic hydroxyl groups is 1. The van der Waals surface area contributed by atoms with E-state index in [0.717, 1.165) is 0 Å². The van der Waals surface area contributed by atoms with Gasteiger partial charge in [-0.1, -0.05) is 18.2 Å². The predicted octanol–water partition coefficient (Wildman–Crippen LogP) is 2.38. The minimum Gasteiger partial charge on any atom is -0.491 e. The number of aliphatic hydroxyl groups excluding tert-OH is 1. The van der Waals surface area contributed by atoms with Crippen molar-refractivity contribution in [2.45, 2.75) is 6.42 Å². The predicted molar refractivity (Wildman–Crippen MR) is 77.8 cm³/mol. The summed E-state index contributed by atoms with van der Waals surface area (Å²) in [5.41, 5.74) is 0.964. The molecule has 0 heterocycles. The molecule has 0 atom stereocenters. The van der Waals surface area contributed by atoms with Crippen molar-refractivity contribution in [3.8, 4) is 5.75 Å². The number of anilines is 1. The van der Waals surface area contributed by atoms with Gasteiger partial charge in [-0.3, -0.25) is 4.79 Å². The van der Waals surface area contributed by atoms with Gasteiger partial charge >= 0.3 is 0 Å². The molecule has 0 fully saturated rings. The van der Waals surface area contributed by atoms with Gasteiger partial charge in [-0.25, -0.2) is 4.39 Å². The second-order valence-corrected chi connectivity index (χ2v) is 4.41. The van der Waals surface area contributed by atoms with Crippen molar-refractivity contribution < 1.29 is 19.0 Å². The third-order valence-electron chi connectivity index (χ3n) is 2.81. The number of benzene rings is 2. The second kappa shape index (κ2) is 7.40. The zero-order valence-corrected chi connectivity index (χ0v) is 11.4. The molecule has 0 radical (unpaired) electrons. The maximum absolute atomic E-state index is 13.4. The van der Waals surface area contributed by atoms with E-state index in [1.807, 2.05) is 0 Å². The van der Waals surface area contributed by atoms with E-state index in [9.17, 15) is 9.18 Å². The Morgan fingerprint density at radius 2 is 1.86 bits per heavy atom. The number of rotatable bonds is 6. The molecule has 21 heavy (non-hydrogen) atoms. The lowest BCUT2D eigenvalue weighted by Gasteiger charge is -2.08. The van der Waals surface area contributed by atoms with Gasteiger partial charge in [0.25, 0.3) is 0 Å². The van der Waals surface area contributed by atoms with E-state index in [1.165, 1.54) is 6.07 Å². The van der Waals surface area contributed by atoms with E-state index < -0.39 is 0 Å². The van der Waals surface area contributed by atoms with Crippen LogP contribution in [0.15, 0.2) is 48.5 Å². The smallest absolute Gasteiger partial charge is 0.228 e. The minimum atomic E-state index is -0.389. The quantitative estimate of drug-likeness (QED) is 0.858. The summed E-state index contributed by atoms with van der Waals surface area (Å²) >= 11 is 0. The fourth-order valence-corrected chi connectivity index (χ4v) is 1.82. The Hall–Kier alpha value is -2.40.